The van der Waals surface area contributed by atoms with Crippen molar-refractivity contribution in [3.8, 4) is 0 Å². The number of amides is 1. The van der Waals surface area contributed by atoms with Crippen LogP contribution in [-0.2, 0) is 11.3 Å². The quantitative estimate of drug-likeness (QED) is 0.832. The van der Waals surface area contributed by atoms with Gasteiger partial charge < -0.3 is 4.90 Å². The van der Waals surface area contributed by atoms with Crippen molar-refractivity contribution in [1.82, 2.24) is 9.80 Å². The van der Waals surface area contributed by atoms with Crippen LogP contribution in [0.25, 0.3) is 0 Å². The molecule has 1 aromatic carbocycles. The molecule has 0 radical (unpaired) electrons. The van der Waals surface area contributed by atoms with E-state index in [9.17, 15) is 9.18 Å². The van der Waals surface area contributed by atoms with Gasteiger partial charge in [0.2, 0.25) is 5.91 Å². The van der Waals surface area contributed by atoms with Crippen molar-refractivity contribution in [3.05, 3.63) is 35.6 Å². The summed E-state index contributed by atoms with van der Waals surface area (Å²) in [5.74, 6) is 2.34. The summed E-state index contributed by atoms with van der Waals surface area (Å²) in [5.41, 5.74) is 0.778. The third kappa shape index (κ3) is 3.89. The normalized spacial score (nSPS) is 27.6. The molecule has 1 aromatic rings. The van der Waals surface area contributed by atoms with Crippen LogP contribution in [0.15, 0.2) is 24.3 Å². The fraction of sp³-hybridized carbons (Fsp3) is 0.667. The van der Waals surface area contributed by atoms with E-state index >= 15 is 0 Å². The maximum atomic E-state index is 13.8. The van der Waals surface area contributed by atoms with Crippen LogP contribution in [0.5, 0.6) is 0 Å². The number of fused-ring (bicyclic) bond motifs is 1. The Morgan fingerprint density at radius 1 is 1.04 bits per heavy atom. The number of benzene rings is 1. The van der Waals surface area contributed by atoms with Crippen molar-refractivity contribution in [2.24, 2.45) is 17.8 Å². The van der Waals surface area contributed by atoms with Crippen molar-refractivity contribution in [1.29, 1.82) is 0 Å². The first-order valence-corrected chi connectivity index (χ1v) is 9.92. The molecule has 0 spiro atoms. The first kappa shape index (κ1) is 17.0. The van der Waals surface area contributed by atoms with Gasteiger partial charge in [0, 0.05) is 31.6 Å². The summed E-state index contributed by atoms with van der Waals surface area (Å²) in [6.45, 7) is 4.64. The molecule has 3 aliphatic rings. The van der Waals surface area contributed by atoms with Crippen LogP contribution in [0.2, 0.25) is 0 Å². The summed E-state index contributed by atoms with van der Waals surface area (Å²) in [6.07, 6.45) is 6.83. The van der Waals surface area contributed by atoms with Gasteiger partial charge in [0.25, 0.3) is 0 Å². The second-order valence-corrected chi connectivity index (χ2v) is 8.26. The first-order valence-electron chi connectivity index (χ1n) is 9.92. The molecule has 0 N–H and O–H groups in total. The van der Waals surface area contributed by atoms with E-state index in [2.05, 4.69) is 9.80 Å². The van der Waals surface area contributed by atoms with Crippen LogP contribution in [0.4, 0.5) is 4.39 Å². The minimum Gasteiger partial charge on any atom is -0.342 e. The van der Waals surface area contributed by atoms with Crippen molar-refractivity contribution in [2.45, 2.75) is 45.1 Å². The molecule has 2 heterocycles. The molecule has 0 bridgehead atoms. The number of rotatable bonds is 4. The number of halogens is 1. The third-order valence-electron chi connectivity index (χ3n) is 6.60. The van der Waals surface area contributed by atoms with Crippen molar-refractivity contribution in [2.75, 3.05) is 26.2 Å². The van der Waals surface area contributed by atoms with E-state index in [1.807, 2.05) is 12.1 Å². The van der Waals surface area contributed by atoms with Gasteiger partial charge in [-0.3, -0.25) is 9.69 Å². The molecule has 2 aliphatic heterocycles. The smallest absolute Gasteiger partial charge is 0.222 e. The van der Waals surface area contributed by atoms with E-state index < -0.39 is 0 Å². The lowest BCUT2D eigenvalue weighted by Crippen LogP contribution is -2.36. The van der Waals surface area contributed by atoms with E-state index in [0.29, 0.717) is 24.8 Å². The zero-order valence-corrected chi connectivity index (χ0v) is 15.0. The molecular formula is C21H29FN2O. The van der Waals surface area contributed by atoms with Crippen molar-refractivity contribution < 1.29 is 9.18 Å². The molecule has 3 nitrogen and oxygen atoms in total. The summed E-state index contributed by atoms with van der Waals surface area (Å²) >= 11 is 0. The van der Waals surface area contributed by atoms with Gasteiger partial charge in [-0.2, -0.15) is 0 Å². The highest BCUT2D eigenvalue weighted by Crippen LogP contribution is 2.38. The van der Waals surface area contributed by atoms with Crippen LogP contribution in [-0.4, -0.2) is 41.9 Å². The van der Waals surface area contributed by atoms with Gasteiger partial charge in [0.1, 0.15) is 5.82 Å². The fourth-order valence-electron chi connectivity index (χ4n) is 5.03. The van der Waals surface area contributed by atoms with Crippen LogP contribution >= 0.6 is 0 Å². The molecule has 1 amide bonds. The Labute approximate surface area is 150 Å². The molecule has 2 saturated heterocycles. The van der Waals surface area contributed by atoms with Crippen molar-refractivity contribution >= 4 is 5.91 Å². The van der Waals surface area contributed by atoms with Gasteiger partial charge in [-0.1, -0.05) is 24.6 Å². The predicted molar refractivity (Wildman–Crippen MR) is 96.4 cm³/mol. The second-order valence-electron chi connectivity index (χ2n) is 8.26. The average molecular weight is 344 g/mol. The Morgan fingerprint density at radius 3 is 2.40 bits per heavy atom. The maximum Gasteiger partial charge on any atom is 0.222 e. The van der Waals surface area contributed by atoms with E-state index in [1.54, 1.807) is 6.07 Å². The summed E-state index contributed by atoms with van der Waals surface area (Å²) in [7, 11) is 0. The first-order chi connectivity index (χ1) is 12.2. The van der Waals surface area contributed by atoms with Gasteiger partial charge in [-0.15, -0.1) is 0 Å². The monoisotopic (exact) mass is 344 g/mol. The van der Waals surface area contributed by atoms with Crippen LogP contribution in [0, 0.1) is 23.6 Å². The molecule has 4 heteroatoms. The average Bonchev–Trinajstić information content (AvgIpc) is 3.20. The Balaban J connectivity index is 1.22. The second kappa shape index (κ2) is 7.45. The Morgan fingerprint density at radius 2 is 1.72 bits per heavy atom. The molecule has 1 aliphatic carbocycles. The molecule has 0 aromatic heterocycles. The number of hydrogen-bond acceptors (Lipinski definition) is 2. The topological polar surface area (TPSA) is 23.6 Å². The summed E-state index contributed by atoms with van der Waals surface area (Å²) < 4.78 is 13.8. The van der Waals surface area contributed by atoms with E-state index in [1.165, 1.54) is 25.3 Å². The molecule has 2 unspecified atom stereocenters. The minimum absolute atomic E-state index is 0.112. The number of carbonyl (C=O) groups excluding carboxylic acids is 1. The standard InChI is InChI=1S/C21H29FN2O/c22-20-7-2-1-4-19(20)13-23-10-8-16(9-11-23)12-21(25)24-14-17-5-3-6-18(17)15-24/h1-2,4,7,16-18H,3,5-6,8-15H2. The number of carbonyl (C=O) groups is 1. The highest BCUT2D eigenvalue weighted by molar-refractivity contribution is 5.76. The third-order valence-corrected chi connectivity index (χ3v) is 6.60. The number of piperidine rings is 1. The zero-order valence-electron chi connectivity index (χ0n) is 15.0. The molecular weight excluding hydrogens is 315 g/mol. The molecule has 1 saturated carbocycles. The highest BCUT2D eigenvalue weighted by Gasteiger charge is 2.38. The van der Waals surface area contributed by atoms with E-state index in [4.69, 9.17) is 0 Å². The van der Waals surface area contributed by atoms with Crippen LogP contribution in [0.3, 0.4) is 0 Å². The highest BCUT2D eigenvalue weighted by atomic mass is 19.1. The Kier molecular flexibility index (Phi) is 5.07. The van der Waals surface area contributed by atoms with Crippen LogP contribution < -0.4 is 0 Å². The maximum absolute atomic E-state index is 13.8. The summed E-state index contributed by atoms with van der Waals surface area (Å²) in [4.78, 5) is 17.1. The Hall–Kier alpha value is -1.42. The van der Waals surface area contributed by atoms with Crippen LogP contribution in [0.1, 0.15) is 44.1 Å². The lowest BCUT2D eigenvalue weighted by Gasteiger charge is -2.32. The molecule has 25 heavy (non-hydrogen) atoms. The SMILES string of the molecule is O=C(CC1CCN(Cc2ccccc2F)CC1)N1CC2CCCC2C1. The number of hydrogen-bond donors (Lipinski definition) is 0. The van der Waals surface area contributed by atoms with Gasteiger partial charge >= 0.3 is 0 Å². The number of nitrogens with zero attached hydrogens (tertiary/aromatic N) is 2. The molecule has 3 fully saturated rings. The minimum atomic E-state index is -0.112. The van der Waals surface area contributed by atoms with Gasteiger partial charge in [-0.05, 0) is 62.6 Å². The summed E-state index contributed by atoms with van der Waals surface area (Å²) in [6, 6.07) is 7.04. The lowest BCUT2D eigenvalue weighted by molar-refractivity contribution is -0.131. The van der Waals surface area contributed by atoms with Gasteiger partial charge in [0.05, 0.1) is 0 Å². The summed E-state index contributed by atoms with van der Waals surface area (Å²) in [5, 5.41) is 0. The Bertz CT molecular complexity index is 600. The fourth-order valence-corrected chi connectivity index (χ4v) is 5.03. The molecule has 136 valence electrons. The van der Waals surface area contributed by atoms with Gasteiger partial charge in [0.15, 0.2) is 0 Å². The zero-order chi connectivity index (χ0) is 17.2. The molecule has 4 rings (SSSR count). The largest absolute Gasteiger partial charge is 0.342 e. The lowest BCUT2D eigenvalue weighted by atomic mass is 9.92. The molecule has 2 atom stereocenters. The number of likely N-dealkylation sites (tertiary alicyclic amines) is 2. The van der Waals surface area contributed by atoms with E-state index in [0.717, 1.165) is 56.4 Å². The predicted octanol–water partition coefficient (Wildman–Crippen LogP) is 3.69. The van der Waals surface area contributed by atoms with Crippen molar-refractivity contribution in [3.63, 3.8) is 0 Å². The van der Waals surface area contributed by atoms with E-state index in [-0.39, 0.29) is 5.82 Å². The van der Waals surface area contributed by atoms with Gasteiger partial charge in [-0.25, -0.2) is 4.39 Å².